The van der Waals surface area contributed by atoms with Crippen molar-refractivity contribution in [2.45, 2.75) is 49.1 Å². The molecule has 2 N–H and O–H groups in total. The number of pyridine rings is 2. The van der Waals surface area contributed by atoms with Gasteiger partial charge in [-0.2, -0.15) is 4.98 Å². The molecule has 2 aliphatic heterocycles. The lowest BCUT2D eigenvalue weighted by molar-refractivity contribution is -0.0771. The van der Waals surface area contributed by atoms with Crippen LogP contribution in [0.3, 0.4) is 0 Å². The van der Waals surface area contributed by atoms with Gasteiger partial charge in [0.1, 0.15) is 5.52 Å². The van der Waals surface area contributed by atoms with Crippen molar-refractivity contribution in [2.24, 2.45) is 0 Å². The van der Waals surface area contributed by atoms with E-state index in [0.717, 1.165) is 35.1 Å². The summed E-state index contributed by atoms with van der Waals surface area (Å²) in [7, 11) is 1.49. The van der Waals surface area contributed by atoms with Crippen molar-refractivity contribution in [3.05, 3.63) is 46.6 Å². The maximum absolute atomic E-state index is 12.5. The first kappa shape index (κ1) is 23.0. The fourth-order valence-corrected chi connectivity index (χ4v) is 5.04. The Morgan fingerprint density at radius 2 is 2.24 bits per heavy atom. The smallest absolute Gasteiger partial charge is 0.252 e. The molecule has 0 aromatic carbocycles. The molecule has 3 aromatic rings. The van der Waals surface area contributed by atoms with Gasteiger partial charge in [0.15, 0.2) is 11.4 Å². The number of thioether (sulfide) groups is 1. The molecule has 11 heteroatoms. The van der Waals surface area contributed by atoms with Crippen LogP contribution in [0.25, 0.3) is 11.2 Å². The zero-order valence-electron chi connectivity index (χ0n) is 18.8. The SMILES string of the molecule is COc1cnc2ccc(=O)n(C[C@H](O)[C@@H]3CC[C@@H](NCc4cc5c(cn4)OCCS5)CO3)c2n1. The van der Waals surface area contributed by atoms with Crippen molar-refractivity contribution >= 4 is 22.9 Å². The summed E-state index contributed by atoms with van der Waals surface area (Å²) in [4.78, 5) is 26.7. The second-order valence-electron chi connectivity index (χ2n) is 8.32. The summed E-state index contributed by atoms with van der Waals surface area (Å²) in [6.45, 7) is 1.91. The molecule has 180 valence electrons. The van der Waals surface area contributed by atoms with E-state index in [4.69, 9.17) is 14.2 Å². The van der Waals surface area contributed by atoms with E-state index in [0.29, 0.717) is 36.6 Å². The van der Waals surface area contributed by atoms with E-state index in [1.165, 1.54) is 23.9 Å². The summed E-state index contributed by atoms with van der Waals surface area (Å²) in [5, 5.41) is 14.3. The molecule has 3 atom stereocenters. The van der Waals surface area contributed by atoms with E-state index in [1.54, 1.807) is 24.0 Å². The lowest BCUT2D eigenvalue weighted by Crippen LogP contribution is -2.45. The van der Waals surface area contributed by atoms with E-state index < -0.39 is 6.10 Å². The molecule has 1 saturated heterocycles. The lowest BCUT2D eigenvalue weighted by atomic mass is 10.0. The number of hydrogen-bond acceptors (Lipinski definition) is 10. The molecule has 0 spiro atoms. The average Bonchev–Trinajstić information content (AvgIpc) is 2.89. The van der Waals surface area contributed by atoms with Crippen LogP contribution in [-0.4, -0.2) is 69.0 Å². The van der Waals surface area contributed by atoms with Gasteiger partial charge in [-0.25, -0.2) is 4.98 Å². The van der Waals surface area contributed by atoms with Crippen molar-refractivity contribution in [3.8, 4) is 11.6 Å². The van der Waals surface area contributed by atoms with Gasteiger partial charge in [-0.05, 0) is 25.0 Å². The predicted octanol–water partition coefficient (Wildman–Crippen LogP) is 1.38. The molecule has 5 rings (SSSR count). The molecule has 0 saturated carbocycles. The standard InChI is InChI=1S/C23H27N5O5S/c1-31-21-11-26-16-3-5-22(30)28(23(16)27-21)12-17(29)18-4-2-14(13-33-18)24-9-15-8-20-19(10-25-15)32-6-7-34-20/h3,5,8,10-11,14,17-18,24,29H,2,4,6-7,9,12-13H2,1H3/t14-,17+,18+/m1/s1. The largest absolute Gasteiger partial charge is 0.490 e. The molecule has 0 radical (unpaired) electrons. The number of nitrogens with one attached hydrogen (secondary N) is 1. The number of methoxy groups -OCH3 is 1. The molecule has 5 heterocycles. The molecular weight excluding hydrogens is 458 g/mol. The van der Waals surface area contributed by atoms with E-state index in [1.807, 2.05) is 0 Å². The van der Waals surface area contributed by atoms with Crippen molar-refractivity contribution in [1.29, 1.82) is 0 Å². The maximum atomic E-state index is 12.5. The summed E-state index contributed by atoms with van der Waals surface area (Å²) >= 11 is 1.79. The normalized spacial score (nSPS) is 21.0. The summed E-state index contributed by atoms with van der Waals surface area (Å²) in [6.07, 6.45) is 3.59. The third-order valence-electron chi connectivity index (χ3n) is 6.04. The first-order valence-electron chi connectivity index (χ1n) is 11.3. The van der Waals surface area contributed by atoms with Crippen LogP contribution in [0.2, 0.25) is 0 Å². The zero-order chi connectivity index (χ0) is 23.5. The van der Waals surface area contributed by atoms with Crippen molar-refractivity contribution in [3.63, 3.8) is 0 Å². The monoisotopic (exact) mass is 485 g/mol. The van der Waals surface area contributed by atoms with E-state index in [-0.39, 0.29) is 24.2 Å². The zero-order valence-corrected chi connectivity index (χ0v) is 19.7. The Bertz CT molecular complexity index is 1210. The summed E-state index contributed by atoms with van der Waals surface area (Å²) < 4.78 is 18.1. The van der Waals surface area contributed by atoms with Crippen LogP contribution in [0, 0.1) is 0 Å². The molecule has 10 nitrogen and oxygen atoms in total. The van der Waals surface area contributed by atoms with E-state index in [2.05, 4.69) is 26.3 Å². The summed E-state index contributed by atoms with van der Waals surface area (Å²) in [5.74, 6) is 2.12. The van der Waals surface area contributed by atoms with Gasteiger partial charge in [0.25, 0.3) is 5.56 Å². The van der Waals surface area contributed by atoms with Gasteiger partial charge < -0.3 is 24.6 Å². The van der Waals surface area contributed by atoms with Crippen LogP contribution in [0.5, 0.6) is 11.6 Å². The molecule has 0 amide bonds. The molecule has 1 fully saturated rings. The molecular formula is C23H27N5O5S. The van der Waals surface area contributed by atoms with Gasteiger partial charge in [0.2, 0.25) is 5.88 Å². The van der Waals surface area contributed by atoms with Gasteiger partial charge in [-0.3, -0.25) is 14.3 Å². The van der Waals surface area contributed by atoms with Gasteiger partial charge in [-0.1, -0.05) is 0 Å². The number of aromatic nitrogens is 4. The van der Waals surface area contributed by atoms with Crippen molar-refractivity contribution < 1.29 is 19.3 Å². The molecule has 0 aliphatic carbocycles. The highest BCUT2D eigenvalue weighted by molar-refractivity contribution is 7.99. The Morgan fingerprint density at radius 3 is 3.06 bits per heavy atom. The van der Waals surface area contributed by atoms with Gasteiger partial charge >= 0.3 is 0 Å². The highest BCUT2D eigenvalue weighted by Gasteiger charge is 2.28. The Balaban J connectivity index is 1.17. The van der Waals surface area contributed by atoms with Crippen molar-refractivity contribution in [2.75, 3.05) is 26.1 Å². The number of ether oxygens (including phenoxy) is 3. The molecule has 34 heavy (non-hydrogen) atoms. The number of aliphatic hydroxyl groups is 1. The van der Waals surface area contributed by atoms with E-state index in [9.17, 15) is 9.90 Å². The minimum Gasteiger partial charge on any atom is -0.490 e. The van der Waals surface area contributed by atoms with Crippen LogP contribution in [0.15, 0.2) is 40.3 Å². The molecule has 0 unspecified atom stereocenters. The van der Waals surface area contributed by atoms with Crippen LogP contribution in [0.4, 0.5) is 0 Å². The third-order valence-corrected chi connectivity index (χ3v) is 7.04. The highest BCUT2D eigenvalue weighted by Crippen LogP contribution is 2.32. The Kier molecular flexibility index (Phi) is 6.95. The fourth-order valence-electron chi connectivity index (χ4n) is 4.18. The number of hydrogen-bond donors (Lipinski definition) is 2. The average molecular weight is 486 g/mol. The number of nitrogens with zero attached hydrogens (tertiary/aromatic N) is 4. The van der Waals surface area contributed by atoms with Crippen molar-refractivity contribution in [1.82, 2.24) is 24.8 Å². The molecule has 0 bridgehead atoms. The maximum Gasteiger partial charge on any atom is 0.252 e. The Morgan fingerprint density at radius 1 is 1.32 bits per heavy atom. The van der Waals surface area contributed by atoms with Gasteiger partial charge in [0.05, 0.1) is 62.1 Å². The lowest BCUT2D eigenvalue weighted by Gasteiger charge is -2.32. The second kappa shape index (κ2) is 10.3. The number of aliphatic hydroxyl groups excluding tert-OH is 1. The minimum absolute atomic E-state index is 0.0690. The number of fused-ring (bicyclic) bond motifs is 2. The van der Waals surface area contributed by atoms with Gasteiger partial charge in [0, 0.05) is 24.4 Å². The first-order valence-corrected chi connectivity index (χ1v) is 12.3. The fraction of sp³-hybridized carbons (Fsp3) is 0.478. The van der Waals surface area contributed by atoms with Crippen LogP contribution in [0.1, 0.15) is 18.5 Å². The second-order valence-corrected chi connectivity index (χ2v) is 9.45. The van der Waals surface area contributed by atoms with Crippen LogP contribution >= 0.6 is 11.8 Å². The summed E-state index contributed by atoms with van der Waals surface area (Å²) in [6, 6.07) is 5.28. The Labute approximate surface area is 200 Å². The topological polar surface area (TPSA) is 121 Å². The number of rotatable bonds is 7. The first-order chi connectivity index (χ1) is 16.6. The van der Waals surface area contributed by atoms with E-state index >= 15 is 0 Å². The predicted molar refractivity (Wildman–Crippen MR) is 126 cm³/mol. The molecule has 2 aliphatic rings. The Hall–Kier alpha value is -2.73. The molecule has 3 aromatic heterocycles. The van der Waals surface area contributed by atoms with Crippen LogP contribution < -0.4 is 20.3 Å². The van der Waals surface area contributed by atoms with Crippen LogP contribution in [-0.2, 0) is 17.8 Å². The van der Waals surface area contributed by atoms with Gasteiger partial charge in [-0.15, -0.1) is 11.8 Å². The quantitative estimate of drug-likeness (QED) is 0.508. The third kappa shape index (κ3) is 5.02. The highest BCUT2D eigenvalue weighted by atomic mass is 32.2. The minimum atomic E-state index is -0.850. The summed E-state index contributed by atoms with van der Waals surface area (Å²) in [5.41, 5.74) is 1.64.